The molecule has 1 fully saturated rings. The summed E-state index contributed by atoms with van der Waals surface area (Å²) in [5.41, 5.74) is 5.99. The van der Waals surface area contributed by atoms with Gasteiger partial charge in [-0.1, -0.05) is 36.5 Å². The van der Waals surface area contributed by atoms with E-state index in [-0.39, 0.29) is 5.91 Å². The molecule has 36 heavy (non-hydrogen) atoms. The first-order valence-electron chi connectivity index (χ1n) is 11.9. The van der Waals surface area contributed by atoms with Gasteiger partial charge in [0.1, 0.15) is 5.75 Å². The Morgan fingerprint density at radius 1 is 1.06 bits per heavy atom. The van der Waals surface area contributed by atoms with E-state index in [9.17, 15) is 9.59 Å². The van der Waals surface area contributed by atoms with Gasteiger partial charge in [0.15, 0.2) is 5.69 Å². The number of piperidine rings is 1. The Bertz CT molecular complexity index is 1240. The van der Waals surface area contributed by atoms with Gasteiger partial charge in [-0.05, 0) is 68.7 Å². The number of hydrogen-bond donors (Lipinski definition) is 1. The molecule has 1 aliphatic heterocycles. The molecule has 190 valence electrons. The third-order valence-electron chi connectivity index (χ3n) is 5.84. The molecular formula is C26H28Cl2N4O4. The van der Waals surface area contributed by atoms with Gasteiger partial charge in [-0.25, -0.2) is 14.5 Å². The van der Waals surface area contributed by atoms with Gasteiger partial charge in [0.05, 0.1) is 23.0 Å². The highest BCUT2D eigenvalue weighted by molar-refractivity contribution is 6.35. The minimum atomic E-state index is -0.754. The summed E-state index contributed by atoms with van der Waals surface area (Å²) in [7, 11) is 0. The summed E-state index contributed by atoms with van der Waals surface area (Å²) in [5, 5.41) is 7.49. The van der Waals surface area contributed by atoms with Crippen LogP contribution in [0.2, 0.25) is 10.0 Å². The molecule has 2 aromatic carbocycles. The molecule has 0 radical (unpaired) electrons. The van der Waals surface area contributed by atoms with Crippen LogP contribution >= 0.6 is 23.2 Å². The molecule has 1 aliphatic rings. The number of nitrogens with zero attached hydrogens (tertiary/aromatic N) is 3. The summed E-state index contributed by atoms with van der Waals surface area (Å²) in [6.07, 6.45) is 3.20. The number of rotatable bonds is 7. The molecule has 0 spiro atoms. The lowest BCUT2D eigenvalue weighted by molar-refractivity contribution is 0.0743. The molecule has 0 unspecified atom stereocenters. The third-order valence-corrected chi connectivity index (χ3v) is 6.38. The average molecular weight is 531 g/mol. The van der Waals surface area contributed by atoms with E-state index < -0.39 is 6.16 Å². The van der Waals surface area contributed by atoms with Gasteiger partial charge < -0.3 is 9.47 Å². The summed E-state index contributed by atoms with van der Waals surface area (Å²) >= 11 is 12.6. The van der Waals surface area contributed by atoms with E-state index in [1.165, 1.54) is 0 Å². The maximum atomic E-state index is 13.2. The predicted molar refractivity (Wildman–Crippen MR) is 139 cm³/mol. The molecule has 0 bridgehead atoms. The number of hydrogen-bond acceptors (Lipinski definition) is 6. The van der Waals surface area contributed by atoms with Crippen molar-refractivity contribution in [2.75, 3.05) is 19.7 Å². The molecule has 10 heteroatoms. The van der Waals surface area contributed by atoms with Crippen LogP contribution in [0, 0.1) is 6.92 Å². The van der Waals surface area contributed by atoms with Crippen molar-refractivity contribution in [2.24, 2.45) is 0 Å². The van der Waals surface area contributed by atoms with Crippen molar-refractivity contribution in [3.8, 4) is 22.7 Å². The minimum Gasteiger partial charge on any atom is -0.434 e. The Morgan fingerprint density at radius 3 is 2.44 bits per heavy atom. The zero-order valence-electron chi connectivity index (χ0n) is 20.2. The number of nitrogens with one attached hydrogen (secondary N) is 1. The second-order valence-corrected chi connectivity index (χ2v) is 9.39. The topological polar surface area (TPSA) is 85.7 Å². The van der Waals surface area contributed by atoms with Gasteiger partial charge in [0.25, 0.3) is 5.91 Å². The number of benzene rings is 2. The second-order valence-electron chi connectivity index (χ2n) is 8.54. The molecule has 0 atom stereocenters. The maximum Gasteiger partial charge on any atom is 0.513 e. The van der Waals surface area contributed by atoms with Gasteiger partial charge in [0.2, 0.25) is 0 Å². The van der Waals surface area contributed by atoms with E-state index >= 15 is 0 Å². The molecule has 1 amide bonds. The fourth-order valence-corrected chi connectivity index (χ4v) is 4.56. The summed E-state index contributed by atoms with van der Waals surface area (Å²) in [4.78, 5) is 25.0. The fraction of sp³-hybridized carbons (Fsp3) is 0.346. The van der Waals surface area contributed by atoms with E-state index in [1.807, 2.05) is 18.9 Å². The number of ether oxygens (including phenoxy) is 2. The van der Waals surface area contributed by atoms with Gasteiger partial charge >= 0.3 is 6.16 Å². The second kappa shape index (κ2) is 11.8. The van der Waals surface area contributed by atoms with Gasteiger partial charge in [-0.2, -0.15) is 5.10 Å². The standard InChI is InChI=1S/C26H28Cl2N4O4/c1-3-15-35-26(34)36-20-10-7-18(8-11-20)24-17(2)23(25(33)30-31-13-5-4-6-14-31)29-32(24)22-12-9-19(27)16-21(22)28/h7-12,16H,3-6,13-15H2,1-2H3,(H,30,33). The van der Waals surface area contributed by atoms with Crippen LogP contribution in [-0.2, 0) is 4.74 Å². The Morgan fingerprint density at radius 2 is 1.78 bits per heavy atom. The van der Waals surface area contributed by atoms with Crippen LogP contribution in [0.1, 0.15) is 48.7 Å². The van der Waals surface area contributed by atoms with E-state index in [0.29, 0.717) is 51.5 Å². The van der Waals surface area contributed by atoms with Crippen molar-refractivity contribution in [2.45, 2.75) is 39.5 Å². The highest BCUT2D eigenvalue weighted by atomic mass is 35.5. The molecule has 1 saturated heterocycles. The minimum absolute atomic E-state index is 0.280. The van der Waals surface area contributed by atoms with Crippen molar-refractivity contribution < 1.29 is 19.1 Å². The lowest BCUT2D eigenvalue weighted by Crippen LogP contribution is -2.45. The maximum absolute atomic E-state index is 13.2. The third kappa shape index (κ3) is 6.00. The summed E-state index contributed by atoms with van der Waals surface area (Å²) in [5.74, 6) is 0.0641. The molecule has 0 aliphatic carbocycles. The molecule has 2 heterocycles. The monoisotopic (exact) mass is 530 g/mol. The van der Waals surface area contributed by atoms with Crippen molar-refractivity contribution in [3.63, 3.8) is 0 Å². The van der Waals surface area contributed by atoms with Crippen LogP contribution in [0.4, 0.5) is 4.79 Å². The molecule has 4 rings (SSSR count). The SMILES string of the molecule is CCCOC(=O)Oc1ccc(-c2c(C)c(C(=O)NN3CCCCC3)nn2-c2ccc(Cl)cc2Cl)cc1. The number of halogens is 2. The Kier molecular flexibility index (Phi) is 8.51. The van der Waals surface area contributed by atoms with E-state index in [2.05, 4.69) is 10.5 Å². The zero-order valence-corrected chi connectivity index (χ0v) is 21.7. The van der Waals surface area contributed by atoms with Crippen LogP contribution in [0.15, 0.2) is 42.5 Å². The quantitative estimate of drug-likeness (QED) is 0.288. The predicted octanol–water partition coefficient (Wildman–Crippen LogP) is 6.21. The summed E-state index contributed by atoms with van der Waals surface area (Å²) < 4.78 is 11.8. The van der Waals surface area contributed by atoms with Gasteiger partial charge in [0, 0.05) is 29.2 Å². The lowest BCUT2D eigenvalue weighted by atomic mass is 10.1. The first-order chi connectivity index (χ1) is 17.4. The van der Waals surface area contributed by atoms with E-state index in [1.54, 1.807) is 47.1 Å². The van der Waals surface area contributed by atoms with Crippen LogP contribution in [-0.4, -0.2) is 46.5 Å². The zero-order chi connectivity index (χ0) is 25.7. The lowest BCUT2D eigenvalue weighted by Gasteiger charge is -2.26. The number of carbonyl (C=O) groups excluding carboxylic acids is 2. The summed E-state index contributed by atoms with van der Waals surface area (Å²) in [6.45, 7) is 5.66. The Hall–Kier alpha value is -3.07. The molecule has 1 N–H and O–H groups in total. The van der Waals surface area contributed by atoms with Crippen LogP contribution in [0.3, 0.4) is 0 Å². The molecule has 8 nitrogen and oxygen atoms in total. The Balaban J connectivity index is 1.69. The fourth-order valence-electron chi connectivity index (χ4n) is 4.07. The highest BCUT2D eigenvalue weighted by Crippen LogP contribution is 2.33. The number of carbonyl (C=O) groups is 2. The normalized spacial score (nSPS) is 13.9. The van der Waals surface area contributed by atoms with Crippen molar-refractivity contribution in [3.05, 3.63) is 63.8 Å². The molecule has 0 saturated carbocycles. The number of aromatic nitrogens is 2. The highest BCUT2D eigenvalue weighted by Gasteiger charge is 2.25. The van der Waals surface area contributed by atoms with Crippen LogP contribution < -0.4 is 10.2 Å². The number of amides is 1. The number of hydrazine groups is 1. The van der Waals surface area contributed by atoms with Gasteiger partial charge in [-0.3, -0.25) is 10.2 Å². The van der Waals surface area contributed by atoms with E-state index in [4.69, 9.17) is 32.7 Å². The smallest absolute Gasteiger partial charge is 0.434 e. The van der Waals surface area contributed by atoms with Gasteiger partial charge in [-0.15, -0.1) is 0 Å². The van der Waals surface area contributed by atoms with Crippen molar-refractivity contribution >= 4 is 35.3 Å². The summed E-state index contributed by atoms with van der Waals surface area (Å²) in [6, 6.07) is 12.0. The average Bonchev–Trinajstić information content (AvgIpc) is 3.20. The van der Waals surface area contributed by atoms with Crippen LogP contribution in [0.5, 0.6) is 5.75 Å². The van der Waals surface area contributed by atoms with E-state index in [0.717, 1.165) is 37.9 Å². The molecule has 3 aromatic rings. The first kappa shape index (κ1) is 26.0. The Labute approximate surface area is 220 Å². The van der Waals surface area contributed by atoms with Crippen molar-refractivity contribution in [1.29, 1.82) is 0 Å². The van der Waals surface area contributed by atoms with Crippen LogP contribution in [0.25, 0.3) is 16.9 Å². The van der Waals surface area contributed by atoms with Crippen molar-refractivity contribution in [1.82, 2.24) is 20.2 Å². The molecular weight excluding hydrogens is 503 g/mol. The first-order valence-corrected chi connectivity index (χ1v) is 12.7. The largest absolute Gasteiger partial charge is 0.513 e. The molecule has 1 aromatic heterocycles.